The molecule has 0 aliphatic heterocycles. The number of rotatable bonds is 44. The Kier molecular flexibility index (Phi) is 37.7. The molecule has 0 saturated carbocycles. The molecule has 0 fully saturated rings. The molecule has 0 amide bonds. The van der Waals surface area contributed by atoms with Crippen LogP contribution in [0.2, 0.25) is 0 Å². The number of nitrogens with zero attached hydrogens (tertiary/aromatic N) is 1. The predicted molar refractivity (Wildman–Crippen MR) is 273 cm³/mol. The molecule has 1 aromatic rings. The van der Waals surface area contributed by atoms with Crippen molar-refractivity contribution < 1.29 is 38.1 Å². The number of unbranched alkanes of at least 4 members (excludes halogenated alkanes) is 10. The van der Waals surface area contributed by atoms with Crippen molar-refractivity contribution in [1.82, 2.24) is 4.90 Å². The average molecular weight is 930 g/mol. The molecule has 0 heterocycles. The maximum Gasteiger partial charge on any atom is 0.306 e. The fraction of sp³-hybridized carbons (Fsp3) is 0.842. The van der Waals surface area contributed by atoms with Crippen molar-refractivity contribution in [1.29, 1.82) is 0 Å². The van der Waals surface area contributed by atoms with E-state index in [-0.39, 0.29) is 24.5 Å². The Balaban J connectivity index is 2.33. The molecular formula is C57H103NO8. The lowest BCUT2D eigenvalue weighted by Gasteiger charge is -2.21. The van der Waals surface area contributed by atoms with Crippen molar-refractivity contribution in [2.45, 2.75) is 229 Å². The number of hydrogen-bond donors (Lipinski definition) is 0. The van der Waals surface area contributed by atoms with Gasteiger partial charge in [-0.15, -0.1) is 0 Å². The standard InChI is InChI=1S/C57H103NO8/c1-46(2)38-50(39-47(3)4)26-17-15-23-36-64-55(59)28-19-11-13-21-34-62-43-52-31-32-53(54(42-52)45-66-57(61)30-25-33-58(9)10)44-63-35-22-14-12-20-29-56(60)65-37-24-16-18-27-51(40-48(5)6)41-49(7)8/h31-32,42,46-51H,11-30,33-41,43-45H2,1-10H3. The lowest BCUT2D eigenvalue weighted by atomic mass is 9.86. The summed E-state index contributed by atoms with van der Waals surface area (Å²) in [6, 6.07) is 6.20. The lowest BCUT2D eigenvalue weighted by Crippen LogP contribution is -2.15. The van der Waals surface area contributed by atoms with E-state index < -0.39 is 0 Å². The molecule has 1 aromatic carbocycles. The Morgan fingerprint density at radius 1 is 0.439 bits per heavy atom. The average Bonchev–Trinajstić information content (AvgIpc) is 3.23. The first kappa shape index (κ1) is 61.5. The highest BCUT2D eigenvalue weighted by atomic mass is 16.5. The van der Waals surface area contributed by atoms with Crippen molar-refractivity contribution >= 4 is 17.9 Å². The van der Waals surface area contributed by atoms with Gasteiger partial charge in [-0.05, 0) is 150 Å². The Labute approximate surface area is 406 Å². The van der Waals surface area contributed by atoms with E-state index in [0.717, 1.165) is 142 Å². The van der Waals surface area contributed by atoms with Gasteiger partial charge in [-0.3, -0.25) is 14.4 Å². The smallest absolute Gasteiger partial charge is 0.306 e. The lowest BCUT2D eigenvalue weighted by molar-refractivity contribution is -0.145. The minimum absolute atomic E-state index is 0.0720. The van der Waals surface area contributed by atoms with Gasteiger partial charge in [0.25, 0.3) is 0 Å². The van der Waals surface area contributed by atoms with Crippen LogP contribution in [0.1, 0.15) is 226 Å². The van der Waals surface area contributed by atoms with Gasteiger partial charge in [0.05, 0.1) is 26.4 Å². The molecule has 0 bridgehead atoms. The van der Waals surface area contributed by atoms with Crippen molar-refractivity contribution in [2.75, 3.05) is 47.1 Å². The molecule has 0 atom stereocenters. The minimum Gasteiger partial charge on any atom is -0.466 e. The van der Waals surface area contributed by atoms with Gasteiger partial charge in [0.2, 0.25) is 0 Å². The maximum atomic E-state index is 12.5. The Hall–Kier alpha value is -2.49. The zero-order valence-corrected chi connectivity index (χ0v) is 44.5. The zero-order valence-electron chi connectivity index (χ0n) is 44.5. The fourth-order valence-electron chi connectivity index (χ4n) is 9.11. The number of hydrogen-bond acceptors (Lipinski definition) is 9. The van der Waals surface area contributed by atoms with Crippen LogP contribution in [0.3, 0.4) is 0 Å². The number of benzene rings is 1. The molecule has 0 aliphatic carbocycles. The highest BCUT2D eigenvalue weighted by molar-refractivity contribution is 5.70. The molecular weight excluding hydrogens is 827 g/mol. The summed E-state index contributed by atoms with van der Waals surface area (Å²) in [6.07, 6.45) is 24.1. The van der Waals surface area contributed by atoms with Gasteiger partial charge in [-0.25, -0.2) is 0 Å². The largest absolute Gasteiger partial charge is 0.466 e. The van der Waals surface area contributed by atoms with Crippen LogP contribution in [0.25, 0.3) is 0 Å². The van der Waals surface area contributed by atoms with Crippen LogP contribution in [-0.2, 0) is 57.9 Å². The van der Waals surface area contributed by atoms with Gasteiger partial charge in [-0.1, -0.05) is 132 Å². The molecule has 1 rings (SSSR count). The highest BCUT2D eigenvalue weighted by Crippen LogP contribution is 2.27. The van der Waals surface area contributed by atoms with Gasteiger partial charge >= 0.3 is 17.9 Å². The zero-order chi connectivity index (χ0) is 48.8. The Bertz CT molecular complexity index is 1320. The second kappa shape index (κ2) is 40.4. The second-order valence-corrected chi connectivity index (χ2v) is 21.5. The van der Waals surface area contributed by atoms with E-state index >= 15 is 0 Å². The predicted octanol–water partition coefficient (Wildman–Crippen LogP) is 14.6. The highest BCUT2D eigenvalue weighted by Gasteiger charge is 2.15. The molecule has 9 nitrogen and oxygen atoms in total. The summed E-state index contributed by atoms with van der Waals surface area (Å²) in [5.41, 5.74) is 3.00. The molecule has 0 radical (unpaired) electrons. The molecule has 0 saturated heterocycles. The van der Waals surface area contributed by atoms with Crippen molar-refractivity contribution in [2.24, 2.45) is 35.5 Å². The summed E-state index contributed by atoms with van der Waals surface area (Å²) in [5.74, 6) is 4.30. The molecule has 66 heavy (non-hydrogen) atoms. The van der Waals surface area contributed by atoms with Crippen LogP contribution in [0.15, 0.2) is 18.2 Å². The second-order valence-electron chi connectivity index (χ2n) is 21.5. The van der Waals surface area contributed by atoms with Crippen LogP contribution < -0.4 is 0 Å². The number of carbonyl (C=O) groups excluding carboxylic acids is 3. The third kappa shape index (κ3) is 37.5. The third-order valence-corrected chi connectivity index (χ3v) is 12.3. The van der Waals surface area contributed by atoms with Crippen LogP contribution in [0.4, 0.5) is 0 Å². The SMILES string of the molecule is CC(C)CC(CCCCCOC(=O)CCCCCCOCc1ccc(COCCCCCCC(=O)OCCCCCC(CC(C)C)CC(C)C)c(COC(=O)CCCN(C)C)c1)CC(C)C. The van der Waals surface area contributed by atoms with Crippen molar-refractivity contribution in [3.8, 4) is 0 Å². The van der Waals surface area contributed by atoms with E-state index in [0.29, 0.717) is 58.9 Å². The summed E-state index contributed by atoms with van der Waals surface area (Å²) in [4.78, 5) is 39.1. The number of carbonyl (C=O) groups is 3. The van der Waals surface area contributed by atoms with E-state index in [9.17, 15) is 14.4 Å². The monoisotopic (exact) mass is 930 g/mol. The van der Waals surface area contributed by atoms with E-state index in [1.165, 1.54) is 51.4 Å². The normalized spacial score (nSPS) is 12.0. The fourth-order valence-corrected chi connectivity index (χ4v) is 9.11. The quantitative estimate of drug-likeness (QED) is 0.0360. The Morgan fingerprint density at radius 2 is 0.848 bits per heavy atom. The van der Waals surface area contributed by atoms with Crippen LogP contribution >= 0.6 is 0 Å². The van der Waals surface area contributed by atoms with Gasteiger partial charge in [0.15, 0.2) is 0 Å². The minimum atomic E-state index is -0.191. The van der Waals surface area contributed by atoms with Crippen molar-refractivity contribution in [3.63, 3.8) is 0 Å². The summed E-state index contributed by atoms with van der Waals surface area (Å²) >= 11 is 0. The molecule has 0 aliphatic rings. The summed E-state index contributed by atoms with van der Waals surface area (Å²) in [6.45, 7) is 22.9. The maximum absolute atomic E-state index is 12.5. The molecule has 384 valence electrons. The topological polar surface area (TPSA) is 101 Å². The molecule has 0 spiro atoms. The molecule has 9 heteroatoms. The van der Waals surface area contributed by atoms with Crippen molar-refractivity contribution in [3.05, 3.63) is 34.9 Å². The first-order chi connectivity index (χ1) is 31.6. The van der Waals surface area contributed by atoms with E-state index in [1.807, 2.05) is 14.1 Å². The number of esters is 3. The van der Waals surface area contributed by atoms with Crippen LogP contribution in [0, 0.1) is 35.5 Å². The molecule has 0 aromatic heterocycles. The van der Waals surface area contributed by atoms with Gasteiger partial charge in [0, 0.05) is 32.5 Å². The third-order valence-electron chi connectivity index (χ3n) is 12.3. The summed E-state index contributed by atoms with van der Waals surface area (Å²) in [5, 5.41) is 0. The van der Waals surface area contributed by atoms with Crippen LogP contribution in [-0.4, -0.2) is 69.9 Å². The molecule has 0 unspecified atom stereocenters. The van der Waals surface area contributed by atoms with Gasteiger partial charge in [-0.2, -0.15) is 0 Å². The number of ether oxygens (including phenoxy) is 5. The van der Waals surface area contributed by atoms with Gasteiger partial charge in [0.1, 0.15) is 6.61 Å². The Morgan fingerprint density at radius 3 is 1.32 bits per heavy atom. The van der Waals surface area contributed by atoms with Gasteiger partial charge < -0.3 is 28.6 Å². The summed E-state index contributed by atoms with van der Waals surface area (Å²) in [7, 11) is 4.00. The van der Waals surface area contributed by atoms with E-state index in [2.05, 4.69) is 78.5 Å². The van der Waals surface area contributed by atoms with E-state index in [4.69, 9.17) is 23.7 Å². The first-order valence-electron chi connectivity index (χ1n) is 27.0. The molecule has 0 N–H and O–H groups in total. The first-order valence-corrected chi connectivity index (χ1v) is 27.0. The van der Waals surface area contributed by atoms with Crippen LogP contribution in [0.5, 0.6) is 0 Å². The summed E-state index contributed by atoms with van der Waals surface area (Å²) < 4.78 is 28.9. The van der Waals surface area contributed by atoms with E-state index in [1.54, 1.807) is 0 Å².